The third-order valence-corrected chi connectivity index (χ3v) is 16.2. The molecule has 1 heterocycles. The van der Waals surface area contributed by atoms with Gasteiger partial charge in [0.2, 0.25) is 5.89 Å². The number of oxazole rings is 1. The molecule has 0 amide bonds. The van der Waals surface area contributed by atoms with Gasteiger partial charge in [-0.05, 0) is 58.8 Å². The average Bonchev–Trinajstić information content (AvgIpc) is 3.63. The zero-order valence-electron chi connectivity index (χ0n) is 30.6. The molecule has 2 N–H and O–H groups in total. The molecule has 1 aromatic heterocycles. The highest BCUT2D eigenvalue weighted by molar-refractivity contribution is 7.00. The number of hydrogen-bond acceptors (Lipinski definition) is 5. The number of aliphatic hydroxyl groups excluding tert-OH is 1. The largest absolute Gasteiger partial charge is 0.534 e. The van der Waals surface area contributed by atoms with E-state index in [2.05, 4.69) is 113 Å². The molecular formula is C46H49NO4Si. The Morgan fingerprint density at radius 1 is 0.769 bits per heavy atom. The zero-order chi connectivity index (χ0) is 36.4. The predicted octanol–water partition coefficient (Wildman–Crippen LogP) is 9.32. The lowest BCUT2D eigenvalue weighted by atomic mass is 9.57. The van der Waals surface area contributed by atoms with Crippen LogP contribution in [0.3, 0.4) is 0 Å². The predicted molar refractivity (Wildman–Crippen MR) is 212 cm³/mol. The van der Waals surface area contributed by atoms with Crippen LogP contribution in [0.25, 0.3) is 22.6 Å². The second kappa shape index (κ2) is 14.3. The Hall–Kier alpha value is -4.75. The van der Waals surface area contributed by atoms with Crippen molar-refractivity contribution in [3.63, 3.8) is 0 Å². The van der Waals surface area contributed by atoms with E-state index in [0.717, 1.165) is 28.9 Å². The SMILES string of the molecule is CC[C@@]1(Cc2cccc(O[Si](c3ccccc3)(c3ccccc3)C(C)(C)C)c2)CCC[C@H](O)[C@@]1(O)c1nc(-c2ccccc2)c(-c2ccccc2)o1. The summed E-state index contributed by atoms with van der Waals surface area (Å²) < 4.78 is 14.1. The summed E-state index contributed by atoms with van der Waals surface area (Å²) in [5.74, 6) is 1.55. The summed E-state index contributed by atoms with van der Waals surface area (Å²) in [6.45, 7) is 8.94. The average molecular weight is 708 g/mol. The van der Waals surface area contributed by atoms with Crippen LogP contribution in [-0.2, 0) is 12.0 Å². The molecule has 1 saturated carbocycles. The molecular weight excluding hydrogens is 659 g/mol. The van der Waals surface area contributed by atoms with Crippen LogP contribution in [-0.4, -0.2) is 29.6 Å². The molecule has 0 spiro atoms. The maximum atomic E-state index is 13.0. The summed E-state index contributed by atoms with van der Waals surface area (Å²) in [6, 6.07) is 49.5. The van der Waals surface area contributed by atoms with Gasteiger partial charge in [-0.1, -0.05) is 168 Å². The fourth-order valence-corrected chi connectivity index (χ4v) is 13.0. The molecule has 1 aliphatic carbocycles. The van der Waals surface area contributed by atoms with E-state index in [4.69, 9.17) is 13.8 Å². The topological polar surface area (TPSA) is 75.7 Å². The summed E-state index contributed by atoms with van der Waals surface area (Å²) in [5, 5.41) is 27.1. The molecule has 6 aromatic rings. The van der Waals surface area contributed by atoms with Crippen LogP contribution in [0.15, 0.2) is 150 Å². The molecule has 3 atom stereocenters. The van der Waals surface area contributed by atoms with Gasteiger partial charge in [0.25, 0.3) is 0 Å². The van der Waals surface area contributed by atoms with Gasteiger partial charge in [0.05, 0.1) is 6.10 Å². The first kappa shape index (κ1) is 35.6. The van der Waals surface area contributed by atoms with Crippen LogP contribution in [0, 0.1) is 5.41 Å². The van der Waals surface area contributed by atoms with Crippen molar-refractivity contribution >= 4 is 18.7 Å². The normalized spacial score (nSPS) is 20.8. The number of aliphatic hydroxyl groups is 2. The van der Waals surface area contributed by atoms with Crippen molar-refractivity contribution in [1.82, 2.24) is 4.98 Å². The van der Waals surface area contributed by atoms with Gasteiger partial charge in [-0.25, -0.2) is 4.98 Å². The Labute approximate surface area is 309 Å². The van der Waals surface area contributed by atoms with Crippen LogP contribution in [0.4, 0.5) is 0 Å². The number of hydrogen-bond donors (Lipinski definition) is 2. The molecule has 0 saturated heterocycles. The van der Waals surface area contributed by atoms with E-state index in [1.54, 1.807) is 0 Å². The number of nitrogens with zero attached hydrogens (tertiary/aromatic N) is 1. The minimum atomic E-state index is -2.87. The van der Waals surface area contributed by atoms with Crippen molar-refractivity contribution in [3.8, 4) is 28.3 Å². The highest BCUT2D eigenvalue weighted by atomic mass is 28.4. The lowest BCUT2D eigenvalue weighted by Gasteiger charge is -2.51. The number of rotatable bonds is 10. The fraction of sp³-hybridized carbons (Fsp3) is 0.283. The van der Waals surface area contributed by atoms with E-state index in [1.807, 2.05) is 60.7 Å². The maximum Gasteiger partial charge on any atom is 0.319 e. The summed E-state index contributed by atoms with van der Waals surface area (Å²) in [7, 11) is -2.87. The number of benzene rings is 5. The van der Waals surface area contributed by atoms with Gasteiger partial charge in [-0.2, -0.15) is 0 Å². The van der Waals surface area contributed by atoms with Crippen molar-refractivity contribution in [1.29, 1.82) is 0 Å². The summed E-state index contributed by atoms with van der Waals surface area (Å²) >= 11 is 0. The van der Waals surface area contributed by atoms with Crippen molar-refractivity contribution in [2.24, 2.45) is 5.41 Å². The third kappa shape index (κ3) is 6.23. The first-order chi connectivity index (χ1) is 25.1. The molecule has 0 bridgehead atoms. The lowest BCUT2D eigenvalue weighted by Crippen LogP contribution is -2.68. The summed E-state index contributed by atoms with van der Waals surface area (Å²) in [6.07, 6.45) is 2.03. The van der Waals surface area contributed by atoms with Gasteiger partial charge in [0, 0.05) is 16.5 Å². The van der Waals surface area contributed by atoms with Gasteiger partial charge in [0.1, 0.15) is 11.4 Å². The van der Waals surface area contributed by atoms with Crippen molar-refractivity contribution in [2.75, 3.05) is 0 Å². The number of aromatic nitrogens is 1. The van der Waals surface area contributed by atoms with E-state index < -0.39 is 25.4 Å². The molecule has 1 fully saturated rings. The molecule has 52 heavy (non-hydrogen) atoms. The summed E-state index contributed by atoms with van der Waals surface area (Å²) in [4.78, 5) is 5.05. The van der Waals surface area contributed by atoms with Gasteiger partial charge < -0.3 is 19.1 Å². The van der Waals surface area contributed by atoms with E-state index in [1.165, 1.54) is 10.4 Å². The first-order valence-electron chi connectivity index (χ1n) is 18.5. The van der Waals surface area contributed by atoms with Crippen LogP contribution in [0.1, 0.15) is 64.8 Å². The standard InChI is InChI=1S/C46H49NO4Si/c1-5-45(31-19-30-40(48)46(45,49)43-47-41(35-21-10-6-11-22-35)42(50-43)36-23-12-7-13-24-36)33-34-20-18-25-37(32-34)51-52(44(2,3)4,38-26-14-8-15-27-38)39-28-16-9-17-29-39/h6-18,20-29,32,40,48-49H,5,19,30-31,33H2,1-4H3/t40-,45-,46+/m0/s1. The molecule has 1 aliphatic rings. The highest BCUT2D eigenvalue weighted by Crippen LogP contribution is 2.55. The van der Waals surface area contributed by atoms with Crippen LogP contribution in [0.5, 0.6) is 5.75 Å². The van der Waals surface area contributed by atoms with Crippen molar-refractivity contribution in [2.45, 2.75) is 76.5 Å². The van der Waals surface area contributed by atoms with Gasteiger partial charge in [-0.15, -0.1) is 0 Å². The highest BCUT2D eigenvalue weighted by Gasteiger charge is 2.60. The Morgan fingerprint density at radius 2 is 1.33 bits per heavy atom. The van der Waals surface area contributed by atoms with Crippen LogP contribution in [0.2, 0.25) is 5.04 Å². The molecule has 0 unspecified atom stereocenters. The Kier molecular flexibility index (Phi) is 9.83. The Balaban J connectivity index is 1.31. The minimum Gasteiger partial charge on any atom is -0.534 e. The molecule has 0 radical (unpaired) electrons. The van der Waals surface area contributed by atoms with Crippen LogP contribution >= 0.6 is 0 Å². The quantitative estimate of drug-likeness (QED) is 0.139. The van der Waals surface area contributed by atoms with E-state index in [9.17, 15) is 10.2 Å². The molecule has 7 rings (SSSR count). The smallest absolute Gasteiger partial charge is 0.319 e. The van der Waals surface area contributed by atoms with E-state index in [-0.39, 0.29) is 10.9 Å². The molecule has 5 nitrogen and oxygen atoms in total. The van der Waals surface area contributed by atoms with E-state index >= 15 is 0 Å². The molecule has 0 aliphatic heterocycles. The van der Waals surface area contributed by atoms with Crippen LogP contribution < -0.4 is 14.8 Å². The second-order valence-corrected chi connectivity index (χ2v) is 19.5. The molecule has 266 valence electrons. The molecule has 5 aromatic carbocycles. The Morgan fingerprint density at radius 3 is 1.88 bits per heavy atom. The van der Waals surface area contributed by atoms with Gasteiger partial charge >= 0.3 is 8.32 Å². The maximum absolute atomic E-state index is 13.0. The Bertz CT molecular complexity index is 1980. The summed E-state index contributed by atoms with van der Waals surface area (Å²) in [5.41, 5.74) is 0.949. The fourth-order valence-electron chi connectivity index (χ4n) is 8.55. The zero-order valence-corrected chi connectivity index (χ0v) is 31.6. The van der Waals surface area contributed by atoms with E-state index in [0.29, 0.717) is 37.1 Å². The third-order valence-electron chi connectivity index (χ3n) is 11.3. The first-order valence-corrected chi connectivity index (χ1v) is 20.4. The minimum absolute atomic E-state index is 0.166. The second-order valence-electron chi connectivity index (χ2n) is 15.3. The van der Waals surface area contributed by atoms with Crippen molar-refractivity contribution < 1.29 is 19.1 Å². The van der Waals surface area contributed by atoms with Gasteiger partial charge in [0.15, 0.2) is 11.4 Å². The molecule has 6 heteroatoms. The monoisotopic (exact) mass is 707 g/mol. The van der Waals surface area contributed by atoms with Gasteiger partial charge in [-0.3, -0.25) is 0 Å². The van der Waals surface area contributed by atoms with Crippen molar-refractivity contribution in [3.05, 3.63) is 157 Å². The lowest BCUT2D eigenvalue weighted by molar-refractivity contribution is -0.206.